The van der Waals surface area contributed by atoms with Crippen molar-refractivity contribution in [2.45, 2.75) is 6.92 Å². The van der Waals surface area contributed by atoms with E-state index >= 15 is 0 Å². The maximum Gasteiger partial charge on any atom is -0.0263 e. The molecule has 2 aromatic carbocycles. The van der Waals surface area contributed by atoms with Crippen LogP contribution in [-0.4, -0.2) is 0 Å². The Balaban J connectivity index is 0. The van der Waals surface area contributed by atoms with Gasteiger partial charge in [-0.25, -0.2) is 0 Å². The van der Waals surface area contributed by atoms with E-state index in [0.29, 0.717) is 0 Å². The highest BCUT2D eigenvalue weighted by molar-refractivity contribution is 5.46. The lowest BCUT2D eigenvalue weighted by molar-refractivity contribution is 1.67. The van der Waals surface area contributed by atoms with Crippen LogP contribution < -0.4 is 0 Å². The summed E-state index contributed by atoms with van der Waals surface area (Å²) in [6.07, 6.45) is 5.42. The lowest BCUT2D eigenvalue weighted by atomic mass is 10.2. The van der Waals surface area contributed by atoms with Gasteiger partial charge in [0, 0.05) is 0 Å². The van der Waals surface area contributed by atoms with Crippen LogP contribution in [0, 0.1) is 0 Å². The molecule has 0 saturated carbocycles. The predicted octanol–water partition coefficient (Wildman–Crippen LogP) is 6.65. The maximum atomic E-state index is 3.63. The Morgan fingerprint density at radius 3 is 1.00 bits per heavy atom. The molecule has 110 valence electrons. The molecule has 0 aliphatic rings. The van der Waals surface area contributed by atoms with Gasteiger partial charge in [0.1, 0.15) is 0 Å². The molecule has 0 aliphatic heterocycles. The zero-order valence-electron chi connectivity index (χ0n) is 13.0. The van der Waals surface area contributed by atoms with Crippen LogP contribution >= 0.6 is 0 Å². The van der Waals surface area contributed by atoms with Crippen molar-refractivity contribution in [3.05, 3.63) is 111 Å². The predicted molar refractivity (Wildman–Crippen MR) is 100 cm³/mol. The summed E-state index contributed by atoms with van der Waals surface area (Å²) in [6, 6.07) is 20.1. The van der Waals surface area contributed by atoms with Gasteiger partial charge in [0.2, 0.25) is 0 Å². The first-order valence-corrected chi connectivity index (χ1v) is 6.70. The minimum absolute atomic E-state index is 1.17. The quantitative estimate of drug-likeness (QED) is 0.539. The van der Waals surface area contributed by atoms with Crippen LogP contribution in [0.3, 0.4) is 0 Å². The molecule has 0 amide bonds. The first-order chi connectivity index (χ1) is 10.3. The Morgan fingerprint density at radius 1 is 0.619 bits per heavy atom. The molecular weight excluding hydrogens is 252 g/mol. The molecule has 0 N–H and O–H groups in total. The lowest BCUT2D eigenvalue weighted by Gasteiger charge is -1.85. The Morgan fingerprint density at radius 2 is 0.857 bits per heavy atom. The van der Waals surface area contributed by atoms with Crippen LogP contribution in [-0.2, 0) is 0 Å². The number of hydrogen-bond acceptors (Lipinski definition) is 0. The van der Waals surface area contributed by atoms with Crippen molar-refractivity contribution in [3.8, 4) is 0 Å². The van der Waals surface area contributed by atoms with Gasteiger partial charge in [-0.05, 0) is 18.1 Å². The molecule has 0 heteroatoms. The van der Waals surface area contributed by atoms with Crippen molar-refractivity contribution < 1.29 is 0 Å². The van der Waals surface area contributed by atoms with Crippen molar-refractivity contribution in [2.75, 3.05) is 0 Å². The van der Waals surface area contributed by atoms with E-state index in [1.54, 1.807) is 6.08 Å². The van der Waals surface area contributed by atoms with Crippen molar-refractivity contribution >= 4 is 12.2 Å². The van der Waals surface area contributed by atoms with Gasteiger partial charge in [0.25, 0.3) is 0 Å². The molecule has 0 fully saturated rings. The van der Waals surface area contributed by atoms with Crippen LogP contribution in [0.2, 0.25) is 0 Å². The Labute approximate surface area is 130 Å². The highest BCUT2D eigenvalue weighted by Gasteiger charge is 1.76. The topological polar surface area (TPSA) is 0 Å². The van der Waals surface area contributed by atoms with E-state index in [-0.39, 0.29) is 0 Å². The third-order valence-corrected chi connectivity index (χ3v) is 2.07. The molecule has 0 aliphatic carbocycles. The Bertz CT molecular complexity index is 422. The van der Waals surface area contributed by atoms with Crippen LogP contribution in [0.1, 0.15) is 18.1 Å². The second kappa shape index (κ2) is 17.4. The zero-order chi connectivity index (χ0) is 16.3. The summed E-state index contributed by atoms with van der Waals surface area (Å²) in [5, 5.41) is 0. The second-order valence-electron chi connectivity index (χ2n) is 3.64. The summed E-state index contributed by atoms with van der Waals surface area (Å²) in [5.41, 5.74) is 2.35. The largest absolute Gasteiger partial charge is 0.106 e. The normalized spacial score (nSPS) is 7.29. The summed E-state index contributed by atoms with van der Waals surface area (Å²) < 4.78 is 0. The maximum absolute atomic E-state index is 3.63. The molecule has 0 spiro atoms. The number of rotatable bonds is 2. The molecule has 0 aromatic heterocycles. The molecule has 0 atom stereocenters. The van der Waals surface area contributed by atoms with Gasteiger partial charge >= 0.3 is 0 Å². The fraction of sp³-hybridized carbons (Fsp3) is 0.0476. The zero-order valence-corrected chi connectivity index (χ0v) is 13.0. The van der Waals surface area contributed by atoms with Crippen molar-refractivity contribution in [1.29, 1.82) is 0 Å². The fourth-order valence-electron chi connectivity index (χ4n) is 1.18. The van der Waals surface area contributed by atoms with Crippen molar-refractivity contribution in [3.63, 3.8) is 0 Å². The Kier molecular flexibility index (Phi) is 17.2. The van der Waals surface area contributed by atoms with E-state index < -0.39 is 0 Å². The van der Waals surface area contributed by atoms with E-state index in [1.807, 2.05) is 79.7 Å². The average Bonchev–Trinajstić information content (AvgIpc) is 2.59. The molecule has 2 aromatic rings. The highest BCUT2D eigenvalue weighted by atomic mass is 13.8. The van der Waals surface area contributed by atoms with Crippen molar-refractivity contribution in [1.82, 2.24) is 0 Å². The van der Waals surface area contributed by atoms with Crippen molar-refractivity contribution in [2.24, 2.45) is 0 Å². The third-order valence-electron chi connectivity index (χ3n) is 2.07. The summed E-state index contributed by atoms with van der Waals surface area (Å²) in [6.45, 7) is 18.5. The van der Waals surface area contributed by atoms with Gasteiger partial charge in [0.05, 0.1) is 0 Å². The molecular formula is C21H26. The molecule has 0 radical (unpaired) electrons. The van der Waals surface area contributed by atoms with Gasteiger partial charge in [-0.3, -0.25) is 0 Å². The first kappa shape index (κ1) is 20.7. The molecule has 0 nitrogen and oxygen atoms in total. The average molecular weight is 278 g/mol. The number of benzene rings is 2. The van der Waals surface area contributed by atoms with E-state index in [2.05, 4.69) is 32.9 Å². The van der Waals surface area contributed by atoms with Gasteiger partial charge in [-0.1, -0.05) is 92.0 Å². The minimum atomic E-state index is 1.17. The SMILES string of the molecule is C=C.C=CC.C=Cc1ccccc1.C=Cc1ccccc1. The first-order valence-electron chi connectivity index (χ1n) is 6.70. The molecule has 0 bridgehead atoms. The van der Waals surface area contributed by atoms with E-state index in [4.69, 9.17) is 0 Å². The van der Waals surface area contributed by atoms with Crippen LogP contribution in [0.4, 0.5) is 0 Å². The smallest absolute Gasteiger partial charge is 0.0263 e. The fourth-order valence-corrected chi connectivity index (χ4v) is 1.18. The van der Waals surface area contributed by atoms with Crippen LogP contribution in [0.5, 0.6) is 0 Å². The van der Waals surface area contributed by atoms with E-state index in [9.17, 15) is 0 Å². The highest BCUT2D eigenvalue weighted by Crippen LogP contribution is 1.98. The van der Waals surface area contributed by atoms with E-state index in [1.165, 1.54) is 11.1 Å². The number of allylic oxidation sites excluding steroid dienone is 1. The molecule has 0 unspecified atom stereocenters. The molecule has 0 heterocycles. The lowest BCUT2D eigenvalue weighted by Crippen LogP contribution is -1.63. The van der Waals surface area contributed by atoms with E-state index in [0.717, 1.165) is 0 Å². The van der Waals surface area contributed by atoms with Gasteiger partial charge < -0.3 is 0 Å². The van der Waals surface area contributed by atoms with Crippen LogP contribution in [0.15, 0.2) is 99.6 Å². The number of hydrogen-bond donors (Lipinski definition) is 0. The molecule has 21 heavy (non-hydrogen) atoms. The monoisotopic (exact) mass is 278 g/mol. The van der Waals surface area contributed by atoms with Gasteiger partial charge in [-0.15, -0.1) is 19.7 Å². The standard InChI is InChI=1S/2C8H8.C3H6.C2H4/c2*1-2-8-6-4-3-5-7-8;1-3-2;1-2/h2*2-7H,1H2;3H,1H2,2H3;1-2H2. The molecule has 0 saturated heterocycles. The third kappa shape index (κ3) is 13.6. The summed E-state index contributed by atoms with van der Waals surface area (Å²) in [5.74, 6) is 0. The second-order valence-corrected chi connectivity index (χ2v) is 3.64. The molecule has 2 rings (SSSR count). The summed E-state index contributed by atoms with van der Waals surface area (Å²) in [4.78, 5) is 0. The van der Waals surface area contributed by atoms with Gasteiger partial charge in [-0.2, -0.15) is 0 Å². The Hall–Kier alpha value is -2.60. The summed E-state index contributed by atoms with van der Waals surface area (Å²) in [7, 11) is 0. The van der Waals surface area contributed by atoms with Crippen LogP contribution in [0.25, 0.3) is 12.2 Å². The van der Waals surface area contributed by atoms with Gasteiger partial charge in [0.15, 0.2) is 0 Å². The summed E-state index contributed by atoms with van der Waals surface area (Å²) >= 11 is 0. The minimum Gasteiger partial charge on any atom is -0.106 e.